The molecule has 0 saturated heterocycles. The first-order valence-electron chi connectivity index (χ1n) is 14.6. The van der Waals surface area contributed by atoms with Crippen LogP contribution in [0, 0.1) is 5.82 Å². The zero-order valence-electron chi connectivity index (χ0n) is 25.2. The molecule has 1 aliphatic rings. The first kappa shape index (κ1) is 30.7. The summed E-state index contributed by atoms with van der Waals surface area (Å²) in [6.07, 6.45) is 1.61. The molecule has 1 saturated carbocycles. The van der Waals surface area contributed by atoms with E-state index in [4.69, 9.17) is 0 Å². The number of rotatable bonds is 6. The van der Waals surface area contributed by atoms with Crippen LogP contribution >= 0.6 is 0 Å². The van der Waals surface area contributed by atoms with Crippen molar-refractivity contribution < 1.29 is 19.1 Å². The number of pyridine rings is 1. The molecule has 0 aliphatic heterocycles. The fraction of sp³-hybridized carbons (Fsp3) is 0.364. The molecule has 0 bridgehead atoms. The molecule has 11 heteroatoms. The molecular formula is C33H36FN5O5. The van der Waals surface area contributed by atoms with Crippen molar-refractivity contribution in [1.29, 1.82) is 0 Å². The second-order valence-corrected chi connectivity index (χ2v) is 12.3. The number of carbonyl (C=O) groups is 2. The van der Waals surface area contributed by atoms with Crippen molar-refractivity contribution >= 4 is 23.0 Å². The van der Waals surface area contributed by atoms with Gasteiger partial charge in [0.25, 0.3) is 11.5 Å². The SMILES string of the molecule is CN(Cc1ccccc1)C(=O)c1cccc(-n2c(=O)n(C3CCC(N(C(=O)O)C(C)(C)C)CC3)c(=O)c3cc(F)cnc32)c1. The summed E-state index contributed by atoms with van der Waals surface area (Å²) in [5, 5.41) is 9.79. The van der Waals surface area contributed by atoms with Gasteiger partial charge >= 0.3 is 11.8 Å². The number of hydrogen-bond acceptors (Lipinski definition) is 5. The van der Waals surface area contributed by atoms with E-state index in [1.807, 2.05) is 51.1 Å². The predicted molar refractivity (Wildman–Crippen MR) is 165 cm³/mol. The van der Waals surface area contributed by atoms with Gasteiger partial charge in [-0.1, -0.05) is 36.4 Å². The highest BCUT2D eigenvalue weighted by Gasteiger charge is 2.37. The van der Waals surface area contributed by atoms with Crippen molar-refractivity contribution in [3.05, 3.63) is 105 Å². The molecule has 2 aromatic heterocycles. The lowest BCUT2D eigenvalue weighted by molar-refractivity contribution is 0.0506. The van der Waals surface area contributed by atoms with Gasteiger partial charge in [-0.25, -0.2) is 23.5 Å². The molecule has 2 amide bonds. The zero-order valence-corrected chi connectivity index (χ0v) is 25.2. The van der Waals surface area contributed by atoms with E-state index in [1.54, 1.807) is 36.2 Å². The van der Waals surface area contributed by atoms with Gasteiger partial charge in [0, 0.05) is 36.8 Å². The third-order valence-corrected chi connectivity index (χ3v) is 8.18. The van der Waals surface area contributed by atoms with E-state index in [1.165, 1.54) is 9.47 Å². The van der Waals surface area contributed by atoms with Crippen molar-refractivity contribution in [3.63, 3.8) is 0 Å². The molecule has 44 heavy (non-hydrogen) atoms. The first-order chi connectivity index (χ1) is 20.9. The van der Waals surface area contributed by atoms with Gasteiger partial charge < -0.3 is 14.9 Å². The Morgan fingerprint density at radius 3 is 2.32 bits per heavy atom. The lowest BCUT2D eigenvalue weighted by Crippen LogP contribution is -2.53. The quantitative estimate of drug-likeness (QED) is 0.324. The number of aromatic nitrogens is 3. The van der Waals surface area contributed by atoms with Gasteiger partial charge in [-0.15, -0.1) is 0 Å². The second kappa shape index (κ2) is 12.1. The molecule has 0 spiro atoms. The van der Waals surface area contributed by atoms with Crippen molar-refractivity contribution in [3.8, 4) is 5.69 Å². The Balaban J connectivity index is 1.54. The minimum Gasteiger partial charge on any atom is -0.465 e. The second-order valence-electron chi connectivity index (χ2n) is 12.3. The molecule has 5 rings (SSSR count). The molecule has 230 valence electrons. The van der Waals surface area contributed by atoms with Gasteiger partial charge in [-0.2, -0.15) is 0 Å². The third kappa shape index (κ3) is 5.99. The standard InChI is InChI=1S/C33H36FN5O5/c1-33(2,3)39(32(43)44)25-15-13-24(14-16-25)38-30(41)27-18-23(34)19-35-28(27)37(31(38)42)26-12-8-11-22(17-26)29(40)36(4)20-21-9-6-5-7-10-21/h5-12,17-19,24-25H,13-16,20H2,1-4H3,(H,43,44). The van der Waals surface area contributed by atoms with E-state index in [9.17, 15) is 28.7 Å². The Kier molecular flexibility index (Phi) is 8.40. The van der Waals surface area contributed by atoms with Crippen LogP contribution in [0.4, 0.5) is 9.18 Å². The van der Waals surface area contributed by atoms with E-state index < -0.39 is 34.7 Å². The van der Waals surface area contributed by atoms with E-state index >= 15 is 0 Å². The van der Waals surface area contributed by atoms with Gasteiger partial charge in [0.2, 0.25) is 0 Å². The number of carboxylic acid groups (broad SMARTS) is 1. The lowest BCUT2D eigenvalue weighted by atomic mass is 9.88. The number of benzene rings is 2. The normalized spacial score (nSPS) is 16.9. The molecule has 0 unspecified atom stereocenters. The molecule has 1 aliphatic carbocycles. The maximum Gasteiger partial charge on any atom is 0.407 e. The van der Waals surface area contributed by atoms with Gasteiger partial charge in [0.1, 0.15) is 5.82 Å². The van der Waals surface area contributed by atoms with Crippen LogP contribution in [0.15, 0.2) is 76.4 Å². The molecular weight excluding hydrogens is 565 g/mol. The summed E-state index contributed by atoms with van der Waals surface area (Å²) in [5.41, 5.74) is -0.336. The summed E-state index contributed by atoms with van der Waals surface area (Å²) in [5.74, 6) is -0.982. The zero-order chi connectivity index (χ0) is 31.8. The van der Waals surface area contributed by atoms with Crippen molar-refractivity contribution in [2.75, 3.05) is 7.05 Å². The highest BCUT2D eigenvalue weighted by Crippen LogP contribution is 2.33. The fourth-order valence-corrected chi connectivity index (χ4v) is 6.23. The summed E-state index contributed by atoms with van der Waals surface area (Å²) in [6, 6.07) is 16.3. The van der Waals surface area contributed by atoms with Gasteiger partial charge in [-0.05, 0) is 76.3 Å². The smallest absolute Gasteiger partial charge is 0.407 e. The summed E-state index contributed by atoms with van der Waals surface area (Å²) in [4.78, 5) is 60.3. The Morgan fingerprint density at radius 2 is 1.68 bits per heavy atom. The molecule has 0 atom stereocenters. The van der Waals surface area contributed by atoms with Gasteiger partial charge in [0.05, 0.1) is 17.3 Å². The predicted octanol–water partition coefficient (Wildman–Crippen LogP) is 5.22. The van der Waals surface area contributed by atoms with Gasteiger partial charge in [0.15, 0.2) is 5.65 Å². The van der Waals surface area contributed by atoms with Crippen LogP contribution in [0.5, 0.6) is 0 Å². The van der Waals surface area contributed by atoms with E-state index in [2.05, 4.69) is 4.98 Å². The summed E-state index contributed by atoms with van der Waals surface area (Å²) in [6.45, 7) is 5.88. The van der Waals surface area contributed by atoms with Crippen molar-refractivity contribution in [2.24, 2.45) is 0 Å². The number of amides is 2. The molecule has 0 radical (unpaired) electrons. The minimum absolute atomic E-state index is 0.0154. The largest absolute Gasteiger partial charge is 0.465 e. The van der Waals surface area contributed by atoms with Crippen molar-refractivity contribution in [2.45, 2.75) is 70.6 Å². The fourth-order valence-electron chi connectivity index (χ4n) is 6.23. The highest BCUT2D eigenvalue weighted by molar-refractivity contribution is 5.94. The van der Waals surface area contributed by atoms with E-state index in [-0.39, 0.29) is 23.0 Å². The Bertz CT molecular complexity index is 1820. The topological polar surface area (TPSA) is 118 Å². The average molecular weight is 602 g/mol. The van der Waals surface area contributed by atoms with Crippen LogP contribution in [0.1, 0.15) is 68.4 Å². The van der Waals surface area contributed by atoms with Gasteiger partial charge in [-0.3, -0.25) is 14.2 Å². The van der Waals surface area contributed by atoms with E-state index in [0.717, 1.165) is 22.4 Å². The van der Waals surface area contributed by atoms with Crippen LogP contribution in [-0.2, 0) is 6.54 Å². The maximum absolute atomic E-state index is 14.4. The first-order valence-corrected chi connectivity index (χ1v) is 14.6. The number of carbonyl (C=O) groups excluding carboxylic acids is 1. The average Bonchev–Trinajstić information content (AvgIpc) is 2.98. The monoisotopic (exact) mass is 601 g/mol. The van der Waals surface area contributed by atoms with E-state index in [0.29, 0.717) is 43.5 Å². The third-order valence-electron chi connectivity index (χ3n) is 8.18. The molecule has 1 fully saturated rings. The summed E-state index contributed by atoms with van der Waals surface area (Å²) >= 11 is 0. The number of fused-ring (bicyclic) bond motifs is 1. The Labute approximate surface area is 254 Å². The molecule has 10 nitrogen and oxygen atoms in total. The molecule has 1 N–H and O–H groups in total. The molecule has 2 aromatic carbocycles. The van der Waals surface area contributed by atoms with Crippen LogP contribution < -0.4 is 11.2 Å². The van der Waals surface area contributed by atoms with Crippen LogP contribution in [0.2, 0.25) is 0 Å². The molecule has 4 aromatic rings. The Morgan fingerprint density at radius 1 is 1.00 bits per heavy atom. The van der Waals surface area contributed by atoms with Crippen LogP contribution in [0.25, 0.3) is 16.7 Å². The van der Waals surface area contributed by atoms with Crippen LogP contribution in [-0.4, -0.2) is 59.7 Å². The summed E-state index contributed by atoms with van der Waals surface area (Å²) in [7, 11) is 1.69. The number of nitrogens with zero attached hydrogens (tertiary/aromatic N) is 5. The lowest BCUT2D eigenvalue weighted by Gasteiger charge is -2.42. The number of halogens is 1. The Hall–Kier alpha value is -4.80. The maximum atomic E-state index is 14.4. The summed E-state index contributed by atoms with van der Waals surface area (Å²) < 4.78 is 16.8. The highest BCUT2D eigenvalue weighted by atomic mass is 19.1. The van der Waals surface area contributed by atoms with Crippen LogP contribution in [0.3, 0.4) is 0 Å². The number of hydrogen-bond donors (Lipinski definition) is 1. The van der Waals surface area contributed by atoms with Crippen molar-refractivity contribution in [1.82, 2.24) is 23.9 Å². The molecule has 2 heterocycles. The minimum atomic E-state index is -1.02.